The zero-order chi connectivity index (χ0) is 16.3. The molecule has 2 aliphatic rings. The molecule has 0 radical (unpaired) electrons. The highest BCUT2D eigenvalue weighted by Gasteiger charge is 2.51. The zero-order valence-electron chi connectivity index (χ0n) is 13.3. The number of amides is 1. The van der Waals surface area contributed by atoms with Gasteiger partial charge in [-0.15, -0.1) is 0 Å². The van der Waals surface area contributed by atoms with Gasteiger partial charge in [-0.1, -0.05) is 18.2 Å². The maximum absolute atomic E-state index is 13.0. The van der Waals surface area contributed by atoms with Crippen LogP contribution in [0, 0.1) is 0 Å². The highest BCUT2D eigenvalue weighted by molar-refractivity contribution is 6.09. The maximum Gasteiger partial charge on any atom is 0.255 e. The van der Waals surface area contributed by atoms with Crippen molar-refractivity contribution in [1.82, 2.24) is 10.3 Å². The third kappa shape index (κ3) is 1.55. The van der Waals surface area contributed by atoms with Gasteiger partial charge < -0.3 is 15.0 Å². The Hall–Kier alpha value is -2.79. The number of rotatable bonds is 1. The summed E-state index contributed by atoms with van der Waals surface area (Å²) in [5, 5.41) is 7.65. The molecule has 24 heavy (non-hydrogen) atoms. The summed E-state index contributed by atoms with van der Waals surface area (Å²) in [6, 6.07) is 13.9. The molecule has 0 bridgehead atoms. The molecule has 0 aliphatic carbocycles. The largest absolute Gasteiger partial charge is 0.497 e. The lowest BCUT2D eigenvalue weighted by atomic mass is 9.82. The van der Waals surface area contributed by atoms with Gasteiger partial charge in [0.05, 0.1) is 12.8 Å². The van der Waals surface area contributed by atoms with Crippen molar-refractivity contribution < 1.29 is 9.53 Å². The Labute approximate surface area is 139 Å². The van der Waals surface area contributed by atoms with E-state index in [1.54, 1.807) is 7.11 Å². The van der Waals surface area contributed by atoms with Crippen molar-refractivity contribution in [3.63, 3.8) is 0 Å². The number of anilines is 1. The Bertz CT molecular complexity index is 991. The van der Waals surface area contributed by atoms with Crippen LogP contribution < -0.4 is 15.4 Å². The summed E-state index contributed by atoms with van der Waals surface area (Å²) < 4.78 is 5.33. The smallest absolute Gasteiger partial charge is 0.255 e. The molecule has 5 rings (SSSR count). The molecular weight excluding hydrogens is 302 g/mol. The van der Waals surface area contributed by atoms with Crippen LogP contribution >= 0.6 is 0 Å². The molecule has 5 heteroatoms. The Morgan fingerprint density at radius 2 is 2.04 bits per heavy atom. The molecule has 0 saturated carbocycles. The van der Waals surface area contributed by atoms with E-state index < -0.39 is 5.54 Å². The number of ether oxygens (including phenoxy) is 1. The third-order valence-electron chi connectivity index (χ3n) is 5.17. The van der Waals surface area contributed by atoms with Gasteiger partial charge in [-0.3, -0.25) is 10.1 Å². The number of para-hydroxylation sites is 1. The van der Waals surface area contributed by atoms with Crippen molar-refractivity contribution in [3.05, 3.63) is 59.3 Å². The van der Waals surface area contributed by atoms with Gasteiger partial charge in [-0.05, 0) is 30.2 Å². The molecular formula is C19H17N3O2. The van der Waals surface area contributed by atoms with Gasteiger partial charge in [0, 0.05) is 34.8 Å². The van der Waals surface area contributed by atoms with E-state index in [2.05, 4.69) is 21.7 Å². The van der Waals surface area contributed by atoms with Gasteiger partial charge in [0.25, 0.3) is 5.91 Å². The lowest BCUT2D eigenvalue weighted by molar-refractivity contribution is -0.120. The summed E-state index contributed by atoms with van der Waals surface area (Å²) >= 11 is 0. The first-order valence-electron chi connectivity index (χ1n) is 8.09. The number of aromatic nitrogens is 1. The van der Waals surface area contributed by atoms with Crippen LogP contribution in [0.25, 0.3) is 10.9 Å². The van der Waals surface area contributed by atoms with Crippen LogP contribution in [0.15, 0.2) is 42.5 Å². The van der Waals surface area contributed by atoms with E-state index in [4.69, 9.17) is 4.74 Å². The Balaban J connectivity index is 1.82. The predicted molar refractivity (Wildman–Crippen MR) is 92.4 cm³/mol. The van der Waals surface area contributed by atoms with Crippen molar-refractivity contribution in [3.8, 4) is 5.75 Å². The molecule has 0 saturated heterocycles. The van der Waals surface area contributed by atoms with Gasteiger partial charge in [0.1, 0.15) is 5.75 Å². The van der Waals surface area contributed by atoms with Crippen LogP contribution in [0.4, 0.5) is 5.69 Å². The Morgan fingerprint density at radius 1 is 1.17 bits per heavy atom. The highest BCUT2D eigenvalue weighted by Crippen LogP contribution is 2.45. The molecule has 0 fully saturated rings. The van der Waals surface area contributed by atoms with E-state index >= 15 is 0 Å². The molecule has 3 heterocycles. The van der Waals surface area contributed by atoms with Crippen LogP contribution in [-0.2, 0) is 16.8 Å². The molecule has 2 aromatic carbocycles. The van der Waals surface area contributed by atoms with Crippen LogP contribution in [0.5, 0.6) is 5.75 Å². The van der Waals surface area contributed by atoms with Crippen molar-refractivity contribution in [2.75, 3.05) is 19.0 Å². The Morgan fingerprint density at radius 3 is 2.92 bits per heavy atom. The average Bonchev–Trinajstić information content (AvgIpc) is 3.12. The molecule has 1 atom stereocenters. The van der Waals surface area contributed by atoms with Gasteiger partial charge in [-0.2, -0.15) is 0 Å². The summed E-state index contributed by atoms with van der Waals surface area (Å²) in [5.74, 6) is 0.780. The molecule has 5 nitrogen and oxygen atoms in total. The van der Waals surface area contributed by atoms with Crippen LogP contribution in [-0.4, -0.2) is 24.5 Å². The number of methoxy groups -OCH3 is 1. The van der Waals surface area contributed by atoms with Crippen molar-refractivity contribution in [2.24, 2.45) is 0 Å². The second-order valence-electron chi connectivity index (χ2n) is 6.32. The van der Waals surface area contributed by atoms with E-state index in [1.165, 1.54) is 5.56 Å². The standard InChI is InChI=1S/C19H17N3O2/c1-24-11-6-7-12-13-8-9-20-19(17(13)21-16(12)10-11)14-4-2-3-5-15(14)22-18(19)23/h2-7,10,20-21H,8-9H2,1H3,(H,22,23)/t19-/m1/s1. The van der Waals surface area contributed by atoms with Gasteiger partial charge in [0.15, 0.2) is 5.54 Å². The van der Waals surface area contributed by atoms with E-state index in [-0.39, 0.29) is 5.91 Å². The number of carbonyl (C=O) groups excluding carboxylic acids is 1. The number of benzene rings is 2. The van der Waals surface area contributed by atoms with Gasteiger partial charge in [-0.25, -0.2) is 0 Å². The molecule has 1 spiro atoms. The zero-order valence-corrected chi connectivity index (χ0v) is 13.3. The fraction of sp³-hybridized carbons (Fsp3) is 0.211. The minimum atomic E-state index is -0.837. The number of nitrogens with one attached hydrogen (secondary N) is 3. The molecule has 2 aliphatic heterocycles. The summed E-state index contributed by atoms with van der Waals surface area (Å²) in [6.07, 6.45) is 0.888. The van der Waals surface area contributed by atoms with Gasteiger partial charge in [0.2, 0.25) is 0 Å². The minimum absolute atomic E-state index is 0.0248. The van der Waals surface area contributed by atoms with Crippen molar-refractivity contribution in [2.45, 2.75) is 12.0 Å². The predicted octanol–water partition coefficient (Wildman–Crippen LogP) is 2.52. The molecule has 3 aromatic rings. The topological polar surface area (TPSA) is 66.1 Å². The van der Waals surface area contributed by atoms with Crippen LogP contribution in [0.2, 0.25) is 0 Å². The molecule has 0 unspecified atom stereocenters. The fourth-order valence-corrected chi connectivity index (χ4v) is 4.09. The van der Waals surface area contributed by atoms with Crippen LogP contribution in [0.1, 0.15) is 16.8 Å². The van der Waals surface area contributed by atoms with E-state index in [1.807, 2.05) is 36.4 Å². The number of H-pyrrole nitrogens is 1. The van der Waals surface area contributed by atoms with E-state index in [0.29, 0.717) is 0 Å². The number of carbonyl (C=O) groups is 1. The normalized spacial score (nSPS) is 21.6. The third-order valence-corrected chi connectivity index (χ3v) is 5.17. The van der Waals surface area contributed by atoms with Gasteiger partial charge >= 0.3 is 0 Å². The first kappa shape index (κ1) is 13.6. The van der Waals surface area contributed by atoms with Crippen molar-refractivity contribution >= 4 is 22.5 Å². The summed E-state index contributed by atoms with van der Waals surface area (Å²) in [6.45, 7) is 0.758. The second-order valence-corrected chi connectivity index (χ2v) is 6.32. The average molecular weight is 319 g/mol. The molecule has 1 amide bonds. The minimum Gasteiger partial charge on any atom is -0.497 e. The maximum atomic E-state index is 13.0. The molecule has 3 N–H and O–H groups in total. The first-order valence-corrected chi connectivity index (χ1v) is 8.09. The monoisotopic (exact) mass is 319 g/mol. The van der Waals surface area contributed by atoms with E-state index in [0.717, 1.165) is 46.6 Å². The lowest BCUT2D eigenvalue weighted by Gasteiger charge is -2.33. The molecule has 120 valence electrons. The number of aromatic amines is 1. The Kier molecular flexibility index (Phi) is 2.62. The molecule has 1 aromatic heterocycles. The summed E-state index contributed by atoms with van der Waals surface area (Å²) in [4.78, 5) is 16.4. The second kappa shape index (κ2) is 4.61. The quantitative estimate of drug-likeness (QED) is 0.646. The number of hydrogen-bond donors (Lipinski definition) is 3. The number of fused-ring (bicyclic) bond motifs is 6. The fourth-order valence-electron chi connectivity index (χ4n) is 4.09. The SMILES string of the molecule is COc1ccc2c3c([nH]c2c1)[C@@]1(NCC3)C(=O)Nc2ccccc21. The first-order chi connectivity index (χ1) is 11.7. The summed E-state index contributed by atoms with van der Waals surface area (Å²) in [7, 11) is 1.66. The number of hydrogen-bond acceptors (Lipinski definition) is 3. The highest BCUT2D eigenvalue weighted by atomic mass is 16.5. The summed E-state index contributed by atoms with van der Waals surface area (Å²) in [5.41, 5.74) is 4.17. The van der Waals surface area contributed by atoms with E-state index in [9.17, 15) is 4.79 Å². The lowest BCUT2D eigenvalue weighted by Crippen LogP contribution is -2.53. The van der Waals surface area contributed by atoms with Crippen LogP contribution in [0.3, 0.4) is 0 Å². The van der Waals surface area contributed by atoms with Crippen molar-refractivity contribution in [1.29, 1.82) is 0 Å².